The van der Waals surface area contributed by atoms with Crippen LogP contribution in [0.1, 0.15) is 45.7 Å². The molecule has 1 aliphatic heterocycles. The Hall–Kier alpha value is -1.84. The fourth-order valence-corrected chi connectivity index (χ4v) is 3.26. The van der Waals surface area contributed by atoms with Crippen LogP contribution in [0.25, 0.3) is 0 Å². The quantitative estimate of drug-likeness (QED) is 0.616. The lowest BCUT2D eigenvalue weighted by atomic mass is 10.0. The van der Waals surface area contributed by atoms with Gasteiger partial charge in [0.1, 0.15) is 11.7 Å². The topological polar surface area (TPSA) is 50.4 Å². The third kappa shape index (κ3) is 3.88. The van der Waals surface area contributed by atoms with Crippen LogP contribution in [-0.4, -0.2) is 20.3 Å². The SMILES string of the molecule is CC#Cc1cc(CO[Si](C)(C)C(C)(C)C)c(F)c2c1NC(C)C(=O)N2. The van der Waals surface area contributed by atoms with Crippen LogP contribution >= 0.6 is 0 Å². The van der Waals surface area contributed by atoms with Crippen LogP contribution in [0, 0.1) is 17.7 Å². The van der Waals surface area contributed by atoms with Crippen LogP contribution in [0.15, 0.2) is 6.07 Å². The molecule has 2 N–H and O–H groups in total. The first-order chi connectivity index (χ1) is 11.5. The summed E-state index contributed by atoms with van der Waals surface area (Å²) in [5.41, 5.74) is 1.78. The van der Waals surface area contributed by atoms with Crippen LogP contribution in [-0.2, 0) is 15.8 Å². The van der Waals surface area contributed by atoms with Crippen molar-refractivity contribution in [2.75, 3.05) is 10.6 Å². The van der Waals surface area contributed by atoms with Gasteiger partial charge < -0.3 is 15.1 Å². The summed E-state index contributed by atoms with van der Waals surface area (Å²) in [7, 11) is -2.01. The van der Waals surface area contributed by atoms with Gasteiger partial charge in [0.2, 0.25) is 5.91 Å². The zero-order chi connectivity index (χ0) is 19.0. The molecule has 0 aromatic heterocycles. The number of benzene rings is 1. The van der Waals surface area contributed by atoms with Crippen LogP contribution in [0.3, 0.4) is 0 Å². The molecule has 1 unspecified atom stereocenters. The largest absolute Gasteiger partial charge is 0.412 e. The fraction of sp³-hybridized carbons (Fsp3) is 0.526. The maximum atomic E-state index is 15.0. The number of amides is 1. The number of carbonyl (C=O) groups excluding carboxylic acids is 1. The van der Waals surface area contributed by atoms with Crippen molar-refractivity contribution in [1.29, 1.82) is 0 Å². The monoisotopic (exact) mass is 362 g/mol. The Morgan fingerprint density at radius 1 is 1.32 bits per heavy atom. The molecule has 0 radical (unpaired) electrons. The molecule has 0 spiro atoms. The van der Waals surface area contributed by atoms with E-state index in [-0.39, 0.29) is 23.2 Å². The maximum absolute atomic E-state index is 15.0. The van der Waals surface area contributed by atoms with Crippen molar-refractivity contribution in [2.24, 2.45) is 0 Å². The van der Waals surface area contributed by atoms with Crippen LogP contribution in [0.2, 0.25) is 18.1 Å². The second kappa shape index (κ2) is 6.81. The molecule has 136 valence electrons. The molecule has 1 aromatic rings. The maximum Gasteiger partial charge on any atom is 0.246 e. The van der Waals surface area contributed by atoms with Crippen molar-refractivity contribution in [1.82, 2.24) is 0 Å². The van der Waals surface area contributed by atoms with E-state index in [0.717, 1.165) is 0 Å². The Labute approximate surface area is 150 Å². The van der Waals surface area contributed by atoms with Gasteiger partial charge in [-0.3, -0.25) is 4.79 Å². The van der Waals surface area contributed by atoms with Crippen molar-refractivity contribution in [2.45, 2.75) is 65.4 Å². The van der Waals surface area contributed by atoms with Crippen molar-refractivity contribution in [3.63, 3.8) is 0 Å². The van der Waals surface area contributed by atoms with Gasteiger partial charge in [0, 0.05) is 5.56 Å². The molecule has 1 aromatic carbocycles. The Morgan fingerprint density at radius 3 is 2.52 bits per heavy atom. The number of hydrogen-bond donors (Lipinski definition) is 2. The Balaban J connectivity index is 2.43. The molecular weight excluding hydrogens is 335 g/mol. The van der Waals surface area contributed by atoms with E-state index in [2.05, 4.69) is 56.3 Å². The van der Waals surface area contributed by atoms with Gasteiger partial charge >= 0.3 is 0 Å². The van der Waals surface area contributed by atoms with E-state index >= 15 is 0 Å². The van der Waals surface area contributed by atoms with E-state index in [1.54, 1.807) is 19.9 Å². The van der Waals surface area contributed by atoms with Gasteiger partial charge in [0.05, 0.1) is 17.9 Å². The van der Waals surface area contributed by atoms with Gasteiger partial charge in [-0.2, -0.15) is 0 Å². The summed E-state index contributed by atoms with van der Waals surface area (Å²) in [5.74, 6) is 5.12. The normalized spacial score (nSPS) is 17.1. The van der Waals surface area contributed by atoms with Crippen LogP contribution in [0.5, 0.6) is 0 Å². The first-order valence-electron chi connectivity index (χ1n) is 8.47. The highest BCUT2D eigenvalue weighted by Crippen LogP contribution is 2.39. The van der Waals surface area contributed by atoms with Gasteiger partial charge in [0.25, 0.3) is 0 Å². The molecule has 0 bridgehead atoms. The van der Waals surface area contributed by atoms with Crippen molar-refractivity contribution in [3.05, 3.63) is 23.0 Å². The third-order valence-corrected chi connectivity index (χ3v) is 9.47. The summed E-state index contributed by atoms with van der Waals surface area (Å²) in [6, 6.07) is 1.29. The second-order valence-corrected chi connectivity index (χ2v) is 12.7. The predicted molar refractivity (Wildman–Crippen MR) is 103 cm³/mol. The summed E-state index contributed by atoms with van der Waals surface area (Å²) in [5, 5.41) is 5.73. The van der Waals surface area contributed by atoms with Crippen LogP contribution < -0.4 is 10.6 Å². The standard InChI is InChI=1S/C19H27FN2O2Si/c1-8-9-13-10-14(11-24-25(6,7)19(3,4)5)15(20)17-16(13)21-12(2)18(23)22-17/h10,12,21H,11H2,1-7H3,(H,22,23). The summed E-state index contributed by atoms with van der Waals surface area (Å²) in [6.07, 6.45) is 0. The molecule has 0 aliphatic carbocycles. The third-order valence-electron chi connectivity index (χ3n) is 5.00. The Morgan fingerprint density at radius 2 is 1.96 bits per heavy atom. The second-order valence-electron chi connectivity index (χ2n) is 7.93. The van der Waals surface area contributed by atoms with Gasteiger partial charge in [0.15, 0.2) is 14.1 Å². The van der Waals surface area contributed by atoms with Crippen molar-refractivity contribution >= 4 is 25.6 Å². The molecule has 1 amide bonds. The first kappa shape index (κ1) is 19.5. The number of nitrogens with one attached hydrogen (secondary N) is 2. The minimum Gasteiger partial charge on any atom is -0.412 e. The highest BCUT2D eigenvalue weighted by Gasteiger charge is 2.37. The molecule has 25 heavy (non-hydrogen) atoms. The minimum atomic E-state index is -2.01. The van der Waals surface area contributed by atoms with E-state index in [0.29, 0.717) is 16.8 Å². The van der Waals surface area contributed by atoms with Gasteiger partial charge in [-0.15, -0.1) is 5.92 Å². The van der Waals surface area contributed by atoms with Gasteiger partial charge in [-0.25, -0.2) is 4.39 Å². The molecule has 4 nitrogen and oxygen atoms in total. The van der Waals surface area contributed by atoms with E-state index in [9.17, 15) is 9.18 Å². The molecule has 2 rings (SSSR count). The summed E-state index contributed by atoms with van der Waals surface area (Å²) >= 11 is 0. The zero-order valence-corrected chi connectivity index (χ0v) is 17.1. The highest BCUT2D eigenvalue weighted by molar-refractivity contribution is 6.74. The van der Waals surface area contributed by atoms with E-state index in [1.807, 2.05) is 0 Å². The molecule has 0 saturated heterocycles. The average molecular weight is 363 g/mol. The Kier molecular flexibility index (Phi) is 5.31. The number of fused-ring (bicyclic) bond motifs is 1. The van der Waals surface area contributed by atoms with E-state index in [4.69, 9.17) is 4.43 Å². The lowest BCUT2D eigenvalue weighted by molar-refractivity contribution is -0.116. The zero-order valence-electron chi connectivity index (χ0n) is 16.1. The van der Waals surface area contributed by atoms with Crippen LogP contribution in [0.4, 0.5) is 15.8 Å². The average Bonchev–Trinajstić information content (AvgIpc) is 2.50. The van der Waals surface area contributed by atoms with Crippen molar-refractivity contribution < 1.29 is 13.6 Å². The number of hydrogen-bond acceptors (Lipinski definition) is 3. The molecule has 0 fully saturated rings. The minimum absolute atomic E-state index is 0.0366. The van der Waals surface area contributed by atoms with Gasteiger partial charge in [-0.05, 0) is 38.0 Å². The Bertz CT molecular complexity index is 757. The molecule has 1 aliphatic rings. The first-order valence-corrected chi connectivity index (χ1v) is 11.4. The highest BCUT2D eigenvalue weighted by atomic mass is 28.4. The summed E-state index contributed by atoms with van der Waals surface area (Å²) in [6.45, 7) is 14.3. The molecular formula is C19H27FN2O2Si. The number of carbonyl (C=O) groups is 1. The molecule has 6 heteroatoms. The molecule has 1 atom stereocenters. The van der Waals surface area contributed by atoms with E-state index in [1.165, 1.54) is 0 Å². The molecule has 1 heterocycles. The summed E-state index contributed by atoms with van der Waals surface area (Å²) in [4.78, 5) is 11.9. The summed E-state index contributed by atoms with van der Waals surface area (Å²) < 4.78 is 21.1. The molecule has 0 saturated carbocycles. The number of rotatable bonds is 3. The number of halogens is 1. The fourth-order valence-electron chi connectivity index (χ4n) is 2.31. The lowest BCUT2D eigenvalue weighted by Gasteiger charge is -2.36. The smallest absolute Gasteiger partial charge is 0.246 e. The van der Waals surface area contributed by atoms with Crippen molar-refractivity contribution in [3.8, 4) is 11.8 Å². The predicted octanol–water partition coefficient (Wildman–Crippen LogP) is 4.47. The lowest BCUT2D eigenvalue weighted by Crippen LogP contribution is -2.40. The number of anilines is 2. The van der Waals surface area contributed by atoms with E-state index < -0.39 is 20.2 Å². The van der Waals surface area contributed by atoms with Gasteiger partial charge in [-0.1, -0.05) is 26.7 Å².